The lowest BCUT2D eigenvalue weighted by Crippen LogP contribution is -2.17. The molecule has 102 valence electrons. The van der Waals surface area contributed by atoms with Crippen molar-refractivity contribution in [3.63, 3.8) is 0 Å². The van der Waals surface area contributed by atoms with E-state index in [-0.39, 0.29) is 6.04 Å². The van der Waals surface area contributed by atoms with Crippen LogP contribution in [0.4, 0.5) is 0 Å². The molecule has 1 aromatic heterocycles. The predicted molar refractivity (Wildman–Crippen MR) is 79.5 cm³/mol. The number of hydrogen-bond acceptors (Lipinski definition) is 3. The van der Waals surface area contributed by atoms with Gasteiger partial charge in [-0.2, -0.15) is 0 Å². The summed E-state index contributed by atoms with van der Waals surface area (Å²) in [7, 11) is 1.92. The molecule has 19 heavy (non-hydrogen) atoms. The van der Waals surface area contributed by atoms with Gasteiger partial charge in [0.05, 0.1) is 12.6 Å². The second kappa shape index (κ2) is 6.78. The molecule has 1 heterocycles. The minimum Gasteiger partial charge on any atom is -0.494 e. The SMILES string of the molecule is CCCOc1cccc(C(NC)c2ccc(Br)o2)c1. The Balaban J connectivity index is 2.23. The number of rotatable bonds is 6. The van der Waals surface area contributed by atoms with Gasteiger partial charge in [-0.25, -0.2) is 0 Å². The topological polar surface area (TPSA) is 34.4 Å². The van der Waals surface area contributed by atoms with Crippen LogP contribution in [0.5, 0.6) is 5.75 Å². The van der Waals surface area contributed by atoms with Crippen molar-refractivity contribution >= 4 is 15.9 Å². The molecular weight excluding hydrogens is 306 g/mol. The Bertz CT molecular complexity index is 524. The van der Waals surface area contributed by atoms with E-state index in [2.05, 4.69) is 34.2 Å². The summed E-state index contributed by atoms with van der Waals surface area (Å²) in [6.45, 7) is 2.83. The second-order valence-corrected chi connectivity index (χ2v) is 5.07. The Morgan fingerprint density at radius 1 is 1.32 bits per heavy atom. The number of halogens is 1. The van der Waals surface area contributed by atoms with Crippen LogP contribution in [-0.4, -0.2) is 13.7 Å². The molecule has 0 saturated heterocycles. The van der Waals surface area contributed by atoms with Gasteiger partial charge in [0.15, 0.2) is 4.67 Å². The highest BCUT2D eigenvalue weighted by molar-refractivity contribution is 9.10. The lowest BCUT2D eigenvalue weighted by molar-refractivity contribution is 0.316. The van der Waals surface area contributed by atoms with Gasteiger partial charge >= 0.3 is 0 Å². The van der Waals surface area contributed by atoms with Gasteiger partial charge in [-0.15, -0.1) is 0 Å². The first kappa shape index (κ1) is 14.2. The van der Waals surface area contributed by atoms with Crippen LogP contribution in [-0.2, 0) is 0 Å². The highest BCUT2D eigenvalue weighted by atomic mass is 79.9. The summed E-state index contributed by atoms with van der Waals surface area (Å²) in [4.78, 5) is 0. The fourth-order valence-corrected chi connectivity index (χ4v) is 2.28. The molecule has 1 unspecified atom stereocenters. The molecule has 2 aromatic rings. The van der Waals surface area contributed by atoms with Gasteiger partial charge in [-0.3, -0.25) is 0 Å². The lowest BCUT2D eigenvalue weighted by atomic mass is 10.0. The molecule has 0 amide bonds. The number of furan rings is 1. The Morgan fingerprint density at radius 3 is 2.79 bits per heavy atom. The summed E-state index contributed by atoms with van der Waals surface area (Å²) in [5, 5.41) is 3.26. The Labute approximate surface area is 122 Å². The second-order valence-electron chi connectivity index (χ2n) is 4.28. The highest BCUT2D eigenvalue weighted by Gasteiger charge is 2.16. The molecule has 0 aliphatic heterocycles. The minimum absolute atomic E-state index is 0.0245. The smallest absolute Gasteiger partial charge is 0.169 e. The first-order valence-corrected chi connectivity index (χ1v) is 7.19. The molecule has 1 N–H and O–H groups in total. The molecule has 2 rings (SSSR count). The van der Waals surface area contributed by atoms with E-state index in [0.717, 1.165) is 34.8 Å². The van der Waals surface area contributed by atoms with Crippen LogP contribution in [0.3, 0.4) is 0 Å². The normalized spacial score (nSPS) is 12.4. The van der Waals surface area contributed by atoms with E-state index in [1.165, 1.54) is 0 Å². The maximum Gasteiger partial charge on any atom is 0.169 e. The molecule has 0 saturated carbocycles. The average Bonchev–Trinajstić information content (AvgIpc) is 2.84. The van der Waals surface area contributed by atoms with E-state index in [1.54, 1.807) is 0 Å². The van der Waals surface area contributed by atoms with Crippen molar-refractivity contribution in [2.45, 2.75) is 19.4 Å². The average molecular weight is 324 g/mol. The Kier molecular flexibility index (Phi) is 5.05. The predicted octanol–water partition coefficient (Wildman–Crippen LogP) is 4.14. The fourth-order valence-electron chi connectivity index (χ4n) is 1.96. The van der Waals surface area contributed by atoms with E-state index in [9.17, 15) is 0 Å². The summed E-state index contributed by atoms with van der Waals surface area (Å²) in [5.41, 5.74) is 1.12. The zero-order valence-corrected chi connectivity index (χ0v) is 12.7. The van der Waals surface area contributed by atoms with E-state index < -0.39 is 0 Å². The molecule has 3 nitrogen and oxygen atoms in total. The van der Waals surface area contributed by atoms with Crippen LogP contribution in [0, 0.1) is 0 Å². The van der Waals surface area contributed by atoms with Crippen LogP contribution in [0.15, 0.2) is 45.5 Å². The Hall–Kier alpha value is -1.26. The number of hydrogen-bond donors (Lipinski definition) is 1. The lowest BCUT2D eigenvalue weighted by Gasteiger charge is -2.15. The zero-order valence-electron chi connectivity index (χ0n) is 11.2. The monoisotopic (exact) mass is 323 g/mol. The maximum absolute atomic E-state index is 5.66. The van der Waals surface area contributed by atoms with Crippen LogP contribution in [0.25, 0.3) is 0 Å². The van der Waals surface area contributed by atoms with Gasteiger partial charge < -0.3 is 14.5 Å². The molecule has 0 bridgehead atoms. The standard InChI is InChI=1S/C15H18BrNO2/c1-3-9-18-12-6-4-5-11(10-12)15(17-2)13-7-8-14(16)19-13/h4-8,10,15,17H,3,9H2,1-2H3. The van der Waals surface area contributed by atoms with Crippen molar-refractivity contribution in [3.05, 3.63) is 52.4 Å². The van der Waals surface area contributed by atoms with Crippen molar-refractivity contribution in [3.8, 4) is 5.75 Å². The fraction of sp³-hybridized carbons (Fsp3) is 0.333. The van der Waals surface area contributed by atoms with E-state index in [1.807, 2.05) is 37.4 Å². The molecule has 0 spiro atoms. The van der Waals surface area contributed by atoms with Crippen molar-refractivity contribution in [1.29, 1.82) is 0 Å². The molecule has 1 aromatic carbocycles. The molecule has 4 heteroatoms. The quantitative estimate of drug-likeness (QED) is 0.867. The number of ether oxygens (including phenoxy) is 1. The minimum atomic E-state index is 0.0245. The van der Waals surface area contributed by atoms with Gasteiger partial charge in [0.25, 0.3) is 0 Å². The van der Waals surface area contributed by atoms with Gasteiger partial charge in [-0.1, -0.05) is 19.1 Å². The van der Waals surface area contributed by atoms with Crippen LogP contribution in [0.1, 0.15) is 30.7 Å². The van der Waals surface area contributed by atoms with E-state index >= 15 is 0 Å². The summed E-state index contributed by atoms with van der Waals surface area (Å²) in [6, 6.07) is 12.0. The molecule has 1 atom stereocenters. The van der Waals surface area contributed by atoms with Crippen LogP contribution < -0.4 is 10.1 Å². The molecule has 0 radical (unpaired) electrons. The van der Waals surface area contributed by atoms with Crippen LogP contribution in [0.2, 0.25) is 0 Å². The van der Waals surface area contributed by atoms with Gasteiger partial charge in [0, 0.05) is 0 Å². The van der Waals surface area contributed by atoms with Gasteiger partial charge in [0.1, 0.15) is 11.5 Å². The maximum atomic E-state index is 5.66. The van der Waals surface area contributed by atoms with Crippen LogP contribution >= 0.6 is 15.9 Å². The third kappa shape index (κ3) is 3.61. The van der Waals surface area contributed by atoms with Crippen molar-refractivity contribution in [2.24, 2.45) is 0 Å². The molecule has 0 aliphatic rings. The molecule has 0 aliphatic carbocycles. The zero-order chi connectivity index (χ0) is 13.7. The van der Waals surface area contributed by atoms with Crippen molar-refractivity contribution in [1.82, 2.24) is 5.32 Å². The van der Waals surface area contributed by atoms with Gasteiger partial charge in [-0.05, 0) is 59.2 Å². The third-order valence-corrected chi connectivity index (χ3v) is 3.26. The molecular formula is C15H18BrNO2. The first-order chi connectivity index (χ1) is 9.24. The number of benzene rings is 1. The van der Waals surface area contributed by atoms with Crippen molar-refractivity contribution < 1.29 is 9.15 Å². The summed E-state index contributed by atoms with van der Waals surface area (Å²) in [5.74, 6) is 1.77. The van der Waals surface area contributed by atoms with Crippen molar-refractivity contribution in [2.75, 3.05) is 13.7 Å². The summed E-state index contributed by atoms with van der Waals surface area (Å²) >= 11 is 3.33. The Morgan fingerprint density at radius 2 is 2.16 bits per heavy atom. The number of nitrogens with one attached hydrogen (secondary N) is 1. The first-order valence-electron chi connectivity index (χ1n) is 6.40. The van der Waals surface area contributed by atoms with E-state index in [0.29, 0.717) is 0 Å². The highest BCUT2D eigenvalue weighted by Crippen LogP contribution is 2.27. The van der Waals surface area contributed by atoms with E-state index in [4.69, 9.17) is 9.15 Å². The molecule has 0 fully saturated rings. The largest absolute Gasteiger partial charge is 0.494 e. The van der Waals surface area contributed by atoms with Gasteiger partial charge in [0.2, 0.25) is 0 Å². The third-order valence-electron chi connectivity index (χ3n) is 2.83. The summed E-state index contributed by atoms with van der Waals surface area (Å²) < 4.78 is 12.0. The summed E-state index contributed by atoms with van der Waals surface area (Å²) in [6.07, 6.45) is 1.00.